The van der Waals surface area contributed by atoms with E-state index >= 15 is 0 Å². The van der Waals surface area contributed by atoms with Crippen LogP contribution in [0, 0.1) is 11.8 Å². The molecule has 13 heteroatoms. The number of esters is 2. The van der Waals surface area contributed by atoms with Gasteiger partial charge in [0.25, 0.3) is 0 Å². The standard InChI is InChI=1S/C50H92NO11P/c1-6-8-10-11-12-13-14-15-16-17-18-19-20-21-22-23-24-25-31-35-50(56)62-44(42-61-63(57,58)60-39-38-51(3,4)5)41-59-49(55)34-30-27-26-29-33-45-46(48(54)40-47(45)53)37-36-43(52)32-28-9-7-2/h15-16,36-37,43-46,48,52,54H,6-14,17-35,38-42H2,1-5H3/p+1/b16-15-,37-36+/t43-,44+,45+,46+,48+/m0/s1. The number of quaternary nitrogens is 1. The Balaban J connectivity index is 2.39. The third-order valence-corrected chi connectivity index (χ3v) is 12.8. The SMILES string of the molecule is CCCCCCCC/C=C\CCCCCCCCCCCC(=O)O[C@H](COC(=O)CCCCCC[C@H]1C(=O)C[C@@H](O)[C@@H]1/C=C/[C@@H](O)CCCCC)COP(=O)(O)OCC[N+](C)(C)C. The lowest BCUT2D eigenvalue weighted by atomic mass is 9.88. The maximum Gasteiger partial charge on any atom is 0.472 e. The van der Waals surface area contributed by atoms with Crippen molar-refractivity contribution in [2.75, 3.05) is 47.5 Å². The molecule has 0 amide bonds. The monoisotopic (exact) mass is 915 g/mol. The maximum absolute atomic E-state index is 12.8. The first kappa shape index (κ1) is 59.1. The molecule has 0 bridgehead atoms. The van der Waals surface area contributed by atoms with Gasteiger partial charge in [0.15, 0.2) is 6.10 Å². The number of hydrogen-bond acceptors (Lipinski definition) is 10. The van der Waals surface area contributed by atoms with Gasteiger partial charge in [0.1, 0.15) is 25.5 Å². The Morgan fingerprint density at radius 3 is 1.84 bits per heavy atom. The van der Waals surface area contributed by atoms with Crippen molar-refractivity contribution in [3.63, 3.8) is 0 Å². The summed E-state index contributed by atoms with van der Waals surface area (Å²) in [7, 11) is 1.35. The molecule has 0 radical (unpaired) electrons. The fourth-order valence-corrected chi connectivity index (χ4v) is 8.59. The number of aliphatic hydroxyl groups excluding tert-OH is 2. The molecule has 3 N–H and O–H groups in total. The summed E-state index contributed by atoms with van der Waals surface area (Å²) in [5.74, 6) is -1.47. The molecule has 1 saturated carbocycles. The topological polar surface area (TPSA) is 166 Å². The molecule has 0 aromatic heterocycles. The number of nitrogens with zero attached hydrogens (tertiary/aromatic N) is 1. The van der Waals surface area contributed by atoms with E-state index in [2.05, 4.69) is 26.0 Å². The van der Waals surface area contributed by atoms with Gasteiger partial charge in [-0.25, -0.2) is 4.57 Å². The van der Waals surface area contributed by atoms with Gasteiger partial charge in [0, 0.05) is 31.1 Å². The molecule has 1 aliphatic rings. The van der Waals surface area contributed by atoms with Crippen molar-refractivity contribution in [1.82, 2.24) is 0 Å². The van der Waals surface area contributed by atoms with Gasteiger partial charge in [0.2, 0.25) is 0 Å². The van der Waals surface area contributed by atoms with Gasteiger partial charge in [0.05, 0.1) is 40.0 Å². The molecule has 1 aliphatic carbocycles. The van der Waals surface area contributed by atoms with Gasteiger partial charge < -0.3 is 29.1 Å². The van der Waals surface area contributed by atoms with Gasteiger partial charge in [-0.05, 0) is 51.4 Å². The first-order valence-corrected chi connectivity index (χ1v) is 26.7. The number of aliphatic hydroxyl groups is 2. The molecule has 0 spiro atoms. The molecular formula is C50H93NO11P+. The van der Waals surface area contributed by atoms with E-state index in [1.54, 1.807) is 6.08 Å². The molecule has 0 aromatic rings. The predicted octanol–water partition coefficient (Wildman–Crippen LogP) is 11.3. The van der Waals surface area contributed by atoms with Crippen molar-refractivity contribution in [3.8, 4) is 0 Å². The average molecular weight is 915 g/mol. The first-order valence-electron chi connectivity index (χ1n) is 25.2. The van der Waals surface area contributed by atoms with E-state index in [9.17, 15) is 34.1 Å². The molecule has 0 aliphatic heterocycles. The molecule has 368 valence electrons. The average Bonchev–Trinajstić information content (AvgIpc) is 3.50. The molecule has 63 heavy (non-hydrogen) atoms. The number of phosphoric ester groups is 1. The molecule has 1 unspecified atom stereocenters. The molecule has 1 fully saturated rings. The number of Topliss-reactive ketones (excluding diaryl/α,β-unsaturated/α-hetero) is 1. The van der Waals surface area contributed by atoms with Crippen LogP contribution in [0.5, 0.6) is 0 Å². The minimum Gasteiger partial charge on any atom is -0.462 e. The number of phosphoric acid groups is 1. The second-order valence-electron chi connectivity index (χ2n) is 19.0. The Kier molecular flexibility index (Phi) is 34.9. The summed E-state index contributed by atoms with van der Waals surface area (Å²) in [6.07, 6.45) is 34.0. The Morgan fingerprint density at radius 2 is 1.25 bits per heavy atom. The van der Waals surface area contributed by atoms with E-state index in [-0.39, 0.29) is 50.1 Å². The van der Waals surface area contributed by atoms with E-state index in [0.717, 1.165) is 57.8 Å². The summed E-state index contributed by atoms with van der Waals surface area (Å²) in [6.45, 7) is 4.06. The minimum atomic E-state index is -4.44. The molecular weight excluding hydrogens is 822 g/mol. The Hall–Kier alpha value is -1.92. The lowest BCUT2D eigenvalue weighted by Crippen LogP contribution is -2.37. The minimum absolute atomic E-state index is 0.00636. The summed E-state index contributed by atoms with van der Waals surface area (Å²) >= 11 is 0. The van der Waals surface area contributed by atoms with Crippen LogP contribution in [0.1, 0.15) is 200 Å². The zero-order valence-electron chi connectivity index (χ0n) is 40.5. The Bertz CT molecular complexity index is 1290. The van der Waals surface area contributed by atoms with Crippen LogP contribution in [0.4, 0.5) is 0 Å². The van der Waals surface area contributed by atoms with Crippen LogP contribution in [-0.2, 0) is 37.5 Å². The predicted molar refractivity (Wildman–Crippen MR) is 253 cm³/mol. The second kappa shape index (κ2) is 37.2. The van der Waals surface area contributed by atoms with E-state index in [1.165, 1.54) is 83.5 Å². The van der Waals surface area contributed by atoms with Crippen LogP contribution in [0.2, 0.25) is 0 Å². The normalized spacial score (nSPS) is 18.9. The van der Waals surface area contributed by atoms with Crippen LogP contribution in [-0.4, -0.2) is 103 Å². The highest BCUT2D eigenvalue weighted by atomic mass is 31.2. The van der Waals surface area contributed by atoms with E-state index in [1.807, 2.05) is 27.2 Å². The quantitative estimate of drug-likeness (QED) is 0.0175. The largest absolute Gasteiger partial charge is 0.472 e. The van der Waals surface area contributed by atoms with E-state index in [4.69, 9.17) is 18.5 Å². The lowest BCUT2D eigenvalue weighted by molar-refractivity contribution is -0.870. The summed E-state index contributed by atoms with van der Waals surface area (Å²) in [4.78, 5) is 48.3. The number of ketones is 1. The molecule has 12 nitrogen and oxygen atoms in total. The van der Waals surface area contributed by atoms with Crippen LogP contribution < -0.4 is 0 Å². The summed E-state index contributed by atoms with van der Waals surface area (Å²) < 4.78 is 34.4. The third-order valence-electron chi connectivity index (χ3n) is 11.8. The van der Waals surface area contributed by atoms with Crippen molar-refractivity contribution in [3.05, 3.63) is 24.3 Å². The van der Waals surface area contributed by atoms with Crippen molar-refractivity contribution >= 4 is 25.5 Å². The number of likely N-dealkylation sites (N-methyl/N-ethyl adjacent to an activating group) is 1. The Morgan fingerprint density at radius 1 is 0.730 bits per heavy atom. The zero-order valence-corrected chi connectivity index (χ0v) is 41.4. The summed E-state index contributed by atoms with van der Waals surface area (Å²) in [5.41, 5.74) is 0. The number of carbonyl (C=O) groups is 3. The van der Waals surface area contributed by atoms with Gasteiger partial charge >= 0.3 is 19.8 Å². The van der Waals surface area contributed by atoms with Crippen molar-refractivity contribution in [1.29, 1.82) is 0 Å². The highest BCUT2D eigenvalue weighted by molar-refractivity contribution is 7.47. The highest BCUT2D eigenvalue weighted by Crippen LogP contribution is 2.43. The van der Waals surface area contributed by atoms with E-state index in [0.29, 0.717) is 36.7 Å². The smallest absolute Gasteiger partial charge is 0.462 e. The number of unbranched alkanes of at least 4 members (excludes halogenated alkanes) is 20. The number of hydrogen-bond donors (Lipinski definition) is 3. The van der Waals surface area contributed by atoms with Gasteiger partial charge in [-0.3, -0.25) is 23.4 Å². The number of allylic oxidation sites excluding steroid dienone is 2. The van der Waals surface area contributed by atoms with Gasteiger partial charge in [-0.2, -0.15) is 0 Å². The Labute approximate surface area is 383 Å². The summed E-state index contributed by atoms with van der Waals surface area (Å²) in [5, 5.41) is 20.8. The van der Waals surface area contributed by atoms with Crippen molar-refractivity contribution < 1.29 is 57.1 Å². The fourth-order valence-electron chi connectivity index (χ4n) is 7.85. The summed E-state index contributed by atoms with van der Waals surface area (Å²) in [6, 6.07) is 0. The highest BCUT2D eigenvalue weighted by Gasteiger charge is 2.39. The number of carbonyl (C=O) groups excluding carboxylic acids is 3. The maximum atomic E-state index is 12.8. The van der Waals surface area contributed by atoms with Crippen LogP contribution >= 0.6 is 7.82 Å². The molecule has 1 rings (SSSR count). The first-order chi connectivity index (χ1) is 30.2. The second-order valence-corrected chi connectivity index (χ2v) is 20.4. The fraction of sp³-hybridized carbons (Fsp3) is 0.860. The van der Waals surface area contributed by atoms with Crippen LogP contribution in [0.15, 0.2) is 24.3 Å². The third kappa shape index (κ3) is 34.1. The molecule has 0 aromatic carbocycles. The van der Waals surface area contributed by atoms with Crippen LogP contribution in [0.25, 0.3) is 0 Å². The zero-order chi connectivity index (χ0) is 46.6. The lowest BCUT2D eigenvalue weighted by Gasteiger charge is -2.24. The number of ether oxygens (including phenoxy) is 2. The van der Waals surface area contributed by atoms with Crippen LogP contribution in [0.3, 0.4) is 0 Å². The molecule has 6 atom stereocenters. The van der Waals surface area contributed by atoms with Crippen molar-refractivity contribution in [2.45, 2.75) is 218 Å². The van der Waals surface area contributed by atoms with Crippen molar-refractivity contribution in [2.24, 2.45) is 11.8 Å². The van der Waals surface area contributed by atoms with E-state index < -0.39 is 44.7 Å². The molecule has 0 saturated heterocycles. The number of rotatable bonds is 42. The molecule has 0 heterocycles. The van der Waals surface area contributed by atoms with Gasteiger partial charge in [-0.15, -0.1) is 0 Å². The van der Waals surface area contributed by atoms with Gasteiger partial charge in [-0.1, -0.05) is 154 Å².